The summed E-state index contributed by atoms with van der Waals surface area (Å²) in [6.45, 7) is 0.908. The molecule has 112 valence electrons. The summed E-state index contributed by atoms with van der Waals surface area (Å²) in [4.78, 5) is 10.1. The molecule has 0 bridgehead atoms. The number of carbonyl (C=O) groups is 1. The Bertz CT molecular complexity index is 540. The first-order valence-electron chi connectivity index (χ1n) is 6.55. The number of phenols is 1. The molecule has 0 unspecified atom stereocenters. The standard InChI is InChI=1S/C8H11NO.C8H8O3/c9-6-5-7-1-3-8(10)4-2-7;9-7(8(10)11)6-4-2-1-3-5-6/h1-4,10H,5-6,9H2;1-5,7,9H,(H,10,11)/t;7-/m.1/s1. The van der Waals surface area contributed by atoms with E-state index in [-0.39, 0.29) is 0 Å². The first kappa shape index (κ1) is 16.7. The average molecular weight is 289 g/mol. The van der Waals surface area contributed by atoms with Gasteiger partial charge in [0.25, 0.3) is 0 Å². The Hall–Kier alpha value is -2.37. The van der Waals surface area contributed by atoms with Gasteiger partial charge in [-0.1, -0.05) is 42.5 Å². The van der Waals surface area contributed by atoms with Gasteiger partial charge in [-0.15, -0.1) is 0 Å². The maximum atomic E-state index is 10.1. The van der Waals surface area contributed by atoms with Crippen LogP contribution in [0.3, 0.4) is 0 Å². The smallest absolute Gasteiger partial charge is 0.118 e. The number of phenolic OH excluding ortho intramolecular Hbond substituents is 1. The van der Waals surface area contributed by atoms with E-state index in [0.717, 1.165) is 13.0 Å². The molecule has 5 heteroatoms. The predicted octanol–water partition coefficient (Wildman–Crippen LogP) is -0.354. The van der Waals surface area contributed by atoms with Crippen molar-refractivity contribution in [3.8, 4) is 5.75 Å². The summed E-state index contributed by atoms with van der Waals surface area (Å²) in [5, 5.41) is 28.0. The van der Waals surface area contributed by atoms with E-state index in [2.05, 4.69) is 5.73 Å². The van der Waals surface area contributed by atoms with Crippen LogP contribution in [0.25, 0.3) is 0 Å². The van der Waals surface area contributed by atoms with E-state index in [9.17, 15) is 9.90 Å². The minimum Gasteiger partial charge on any atom is -0.547 e. The fraction of sp³-hybridized carbons (Fsp3) is 0.188. The molecule has 2 rings (SSSR count). The largest absolute Gasteiger partial charge is 0.547 e. The molecule has 2 aromatic carbocycles. The van der Waals surface area contributed by atoms with Crippen LogP contribution in [0.2, 0.25) is 0 Å². The Morgan fingerprint density at radius 3 is 2.14 bits per heavy atom. The Morgan fingerprint density at radius 1 is 1.10 bits per heavy atom. The van der Waals surface area contributed by atoms with E-state index in [0.29, 0.717) is 11.3 Å². The van der Waals surface area contributed by atoms with Crippen LogP contribution in [0.4, 0.5) is 0 Å². The topological polar surface area (TPSA) is 108 Å². The van der Waals surface area contributed by atoms with Crippen LogP contribution in [0.5, 0.6) is 5.75 Å². The van der Waals surface area contributed by atoms with E-state index in [1.165, 1.54) is 17.7 Å². The van der Waals surface area contributed by atoms with Crippen LogP contribution >= 0.6 is 0 Å². The van der Waals surface area contributed by atoms with Gasteiger partial charge >= 0.3 is 0 Å². The minimum absolute atomic E-state index is 0.327. The highest BCUT2D eigenvalue weighted by Gasteiger charge is 2.05. The van der Waals surface area contributed by atoms with Crippen molar-refractivity contribution < 1.29 is 25.8 Å². The van der Waals surface area contributed by atoms with E-state index in [1.54, 1.807) is 30.3 Å². The van der Waals surface area contributed by atoms with Gasteiger partial charge < -0.3 is 25.8 Å². The highest BCUT2D eigenvalue weighted by Crippen LogP contribution is 2.10. The van der Waals surface area contributed by atoms with Gasteiger partial charge in [-0.2, -0.15) is 0 Å². The van der Waals surface area contributed by atoms with Gasteiger partial charge in [-0.3, -0.25) is 0 Å². The summed E-state index contributed by atoms with van der Waals surface area (Å²) in [6, 6.07) is 15.3. The first-order chi connectivity index (χ1) is 10.0. The maximum Gasteiger partial charge on any atom is 0.118 e. The summed E-state index contributed by atoms with van der Waals surface area (Å²) in [5.74, 6) is -1.15. The van der Waals surface area contributed by atoms with Crippen molar-refractivity contribution in [1.82, 2.24) is 0 Å². The SMILES string of the molecule is O=C([O-])[C@H](O)c1ccccc1.[NH3+]CCc1ccc(O)cc1. The number of hydrogen-bond donors (Lipinski definition) is 3. The number of hydrogen-bond acceptors (Lipinski definition) is 4. The number of rotatable bonds is 4. The van der Waals surface area contributed by atoms with E-state index < -0.39 is 12.1 Å². The second-order valence-electron chi connectivity index (χ2n) is 4.40. The van der Waals surface area contributed by atoms with Gasteiger partial charge in [-0.05, 0) is 23.3 Å². The quantitative estimate of drug-likeness (QED) is 0.714. The monoisotopic (exact) mass is 289 g/mol. The molecule has 0 fully saturated rings. The van der Waals surface area contributed by atoms with Crippen LogP contribution in [0.15, 0.2) is 54.6 Å². The molecule has 5 nitrogen and oxygen atoms in total. The lowest BCUT2D eigenvalue weighted by Crippen LogP contribution is -2.51. The van der Waals surface area contributed by atoms with Gasteiger partial charge in [0.05, 0.1) is 12.5 Å². The first-order valence-corrected chi connectivity index (χ1v) is 6.55. The third-order valence-corrected chi connectivity index (χ3v) is 2.74. The fourth-order valence-electron chi connectivity index (χ4n) is 1.64. The molecule has 0 heterocycles. The van der Waals surface area contributed by atoms with Gasteiger partial charge in [0.2, 0.25) is 0 Å². The Kier molecular flexibility index (Phi) is 6.94. The number of carboxylic acid groups (broad SMARTS) is 1. The summed E-state index contributed by atoms with van der Waals surface area (Å²) >= 11 is 0. The highest BCUT2D eigenvalue weighted by molar-refractivity contribution is 5.71. The van der Waals surface area contributed by atoms with Gasteiger partial charge in [0, 0.05) is 6.42 Å². The van der Waals surface area contributed by atoms with E-state index in [4.69, 9.17) is 10.2 Å². The predicted molar refractivity (Wildman–Crippen MR) is 76.0 cm³/mol. The minimum atomic E-state index is -1.52. The van der Waals surface area contributed by atoms with Crippen LogP contribution < -0.4 is 10.8 Å². The molecule has 2 aromatic rings. The summed E-state index contributed by atoms with van der Waals surface area (Å²) in [7, 11) is 0. The lowest BCUT2D eigenvalue weighted by molar-refractivity contribution is -0.366. The summed E-state index contributed by atoms with van der Waals surface area (Å²) in [6.07, 6.45) is -0.531. The van der Waals surface area contributed by atoms with Gasteiger partial charge in [-0.25, -0.2) is 0 Å². The Labute approximate surface area is 123 Å². The maximum absolute atomic E-state index is 10.1. The second-order valence-corrected chi connectivity index (χ2v) is 4.40. The number of carbonyl (C=O) groups excluding carboxylic acids is 1. The number of quaternary nitrogens is 1. The average Bonchev–Trinajstić information content (AvgIpc) is 2.50. The number of benzene rings is 2. The zero-order valence-corrected chi connectivity index (χ0v) is 11.6. The zero-order valence-electron chi connectivity index (χ0n) is 11.6. The number of aromatic hydroxyl groups is 1. The second kappa shape index (κ2) is 8.73. The third kappa shape index (κ3) is 6.07. The van der Waals surface area contributed by atoms with Crippen molar-refractivity contribution in [3.63, 3.8) is 0 Å². The molecular formula is C16H19NO4. The molecule has 21 heavy (non-hydrogen) atoms. The normalized spacial score (nSPS) is 11.1. The highest BCUT2D eigenvalue weighted by atomic mass is 16.4. The van der Waals surface area contributed by atoms with Gasteiger partial charge in [0.1, 0.15) is 11.9 Å². The number of aliphatic hydroxyl groups is 1. The Balaban J connectivity index is 0.000000211. The van der Waals surface area contributed by atoms with Crippen molar-refractivity contribution in [3.05, 3.63) is 65.7 Å². The molecular weight excluding hydrogens is 270 g/mol. The van der Waals surface area contributed by atoms with E-state index in [1.807, 2.05) is 12.1 Å². The molecule has 0 spiro atoms. The van der Waals surface area contributed by atoms with Crippen LogP contribution in [-0.4, -0.2) is 22.7 Å². The molecule has 0 aliphatic rings. The van der Waals surface area contributed by atoms with Gasteiger partial charge in [0.15, 0.2) is 0 Å². The van der Waals surface area contributed by atoms with Crippen molar-refractivity contribution in [2.75, 3.05) is 6.54 Å². The van der Waals surface area contributed by atoms with Crippen LogP contribution in [-0.2, 0) is 11.2 Å². The lowest BCUT2D eigenvalue weighted by Gasteiger charge is -2.10. The third-order valence-electron chi connectivity index (χ3n) is 2.74. The molecule has 0 saturated heterocycles. The molecule has 0 aliphatic carbocycles. The van der Waals surface area contributed by atoms with Crippen LogP contribution in [0.1, 0.15) is 17.2 Å². The zero-order chi connectivity index (χ0) is 15.7. The Morgan fingerprint density at radius 2 is 1.67 bits per heavy atom. The fourth-order valence-corrected chi connectivity index (χ4v) is 1.64. The van der Waals surface area contributed by atoms with Crippen molar-refractivity contribution in [2.24, 2.45) is 0 Å². The van der Waals surface area contributed by atoms with Crippen molar-refractivity contribution in [2.45, 2.75) is 12.5 Å². The number of aliphatic carboxylic acids is 1. The molecule has 0 aliphatic heterocycles. The van der Waals surface area contributed by atoms with Crippen molar-refractivity contribution in [1.29, 1.82) is 0 Å². The molecule has 1 atom stereocenters. The van der Waals surface area contributed by atoms with Crippen molar-refractivity contribution >= 4 is 5.97 Å². The molecule has 0 saturated carbocycles. The molecule has 0 amide bonds. The summed E-state index contributed by atoms with van der Waals surface area (Å²) < 4.78 is 0. The molecule has 0 radical (unpaired) electrons. The van der Waals surface area contributed by atoms with E-state index >= 15 is 0 Å². The van der Waals surface area contributed by atoms with Crippen LogP contribution in [0, 0.1) is 0 Å². The molecule has 5 N–H and O–H groups in total. The number of carboxylic acids is 1. The number of aliphatic hydroxyl groups excluding tert-OH is 1. The lowest BCUT2D eigenvalue weighted by atomic mass is 10.1. The summed E-state index contributed by atoms with van der Waals surface area (Å²) in [5.41, 5.74) is 5.31. The molecule has 0 aromatic heterocycles.